The fraction of sp³-hybridized carbons (Fsp3) is 0.538. The third-order valence-corrected chi connectivity index (χ3v) is 3.98. The van der Waals surface area contributed by atoms with Gasteiger partial charge in [-0.2, -0.15) is 0 Å². The van der Waals surface area contributed by atoms with E-state index in [9.17, 15) is 5.11 Å². The quantitative estimate of drug-likeness (QED) is 0.868. The van der Waals surface area contributed by atoms with Crippen molar-refractivity contribution in [1.82, 2.24) is 0 Å². The summed E-state index contributed by atoms with van der Waals surface area (Å²) < 4.78 is 1.07. The first-order valence-corrected chi connectivity index (χ1v) is 6.64. The summed E-state index contributed by atoms with van der Waals surface area (Å²) in [7, 11) is 0. The molecule has 0 saturated heterocycles. The van der Waals surface area contributed by atoms with E-state index in [1.807, 2.05) is 18.2 Å². The topological polar surface area (TPSA) is 32.3 Å². The minimum atomic E-state index is -0.124. The van der Waals surface area contributed by atoms with Gasteiger partial charge in [-0.25, -0.2) is 0 Å². The van der Waals surface area contributed by atoms with Gasteiger partial charge < -0.3 is 10.4 Å². The molecule has 1 aromatic carbocycles. The first-order chi connectivity index (χ1) is 7.70. The maximum atomic E-state index is 9.64. The molecule has 3 heteroatoms. The number of rotatable bonds is 5. The number of hydrogen-bond donors (Lipinski definition) is 2. The Labute approximate surface area is 105 Å². The van der Waals surface area contributed by atoms with E-state index in [4.69, 9.17) is 0 Å². The second-order valence-electron chi connectivity index (χ2n) is 4.58. The van der Waals surface area contributed by atoms with E-state index in [0.717, 1.165) is 16.6 Å². The highest BCUT2D eigenvalue weighted by molar-refractivity contribution is 9.10. The Hall–Kier alpha value is -0.540. The second kappa shape index (κ2) is 4.76. The molecule has 1 saturated carbocycles. The molecule has 88 valence electrons. The minimum absolute atomic E-state index is 0.124. The maximum absolute atomic E-state index is 9.64. The summed E-state index contributed by atoms with van der Waals surface area (Å²) in [5.74, 6) is 0.626. The van der Waals surface area contributed by atoms with Gasteiger partial charge in [0.1, 0.15) is 0 Å². The fourth-order valence-corrected chi connectivity index (χ4v) is 2.65. The van der Waals surface area contributed by atoms with Gasteiger partial charge in [0.05, 0.1) is 12.1 Å². The summed E-state index contributed by atoms with van der Waals surface area (Å²) in [4.78, 5) is 0. The highest BCUT2D eigenvalue weighted by atomic mass is 79.9. The van der Waals surface area contributed by atoms with E-state index in [1.165, 1.54) is 12.8 Å². The molecule has 0 aliphatic heterocycles. The Bertz CT molecular complexity index is 359. The third-order valence-electron chi connectivity index (χ3n) is 3.49. The van der Waals surface area contributed by atoms with Gasteiger partial charge in [0.25, 0.3) is 0 Å². The standard InChI is InChI=1S/C13H18BrNO/c1-2-13(9-16,10-6-7-10)15-12-5-3-4-11(14)8-12/h3-5,8,10,15-16H,2,6-7,9H2,1H3. The summed E-state index contributed by atoms with van der Waals surface area (Å²) in [6.45, 7) is 2.35. The Morgan fingerprint density at radius 1 is 1.50 bits per heavy atom. The lowest BCUT2D eigenvalue weighted by Gasteiger charge is -2.33. The molecule has 0 amide bonds. The number of halogens is 1. The summed E-state index contributed by atoms with van der Waals surface area (Å²) in [5.41, 5.74) is 0.957. The van der Waals surface area contributed by atoms with Gasteiger partial charge in [0, 0.05) is 10.2 Å². The smallest absolute Gasteiger partial charge is 0.0664 e. The molecule has 0 spiro atoms. The molecule has 2 nitrogen and oxygen atoms in total. The number of anilines is 1. The number of aliphatic hydroxyl groups excluding tert-OH is 1. The Morgan fingerprint density at radius 2 is 2.25 bits per heavy atom. The number of benzene rings is 1. The zero-order chi connectivity index (χ0) is 11.6. The molecule has 0 radical (unpaired) electrons. The summed E-state index contributed by atoms with van der Waals surface area (Å²) in [6, 6.07) is 8.13. The largest absolute Gasteiger partial charge is 0.394 e. The minimum Gasteiger partial charge on any atom is -0.394 e. The van der Waals surface area contributed by atoms with E-state index in [-0.39, 0.29) is 12.1 Å². The van der Waals surface area contributed by atoms with Gasteiger partial charge in [-0.05, 0) is 43.4 Å². The molecule has 1 fully saturated rings. The van der Waals surface area contributed by atoms with Crippen LogP contribution in [-0.2, 0) is 0 Å². The lowest BCUT2D eigenvalue weighted by Crippen LogP contribution is -2.43. The predicted octanol–water partition coefficient (Wildman–Crippen LogP) is 3.41. The van der Waals surface area contributed by atoms with Crippen molar-refractivity contribution >= 4 is 21.6 Å². The average Bonchev–Trinajstić information content (AvgIpc) is 3.10. The van der Waals surface area contributed by atoms with Gasteiger partial charge in [0.2, 0.25) is 0 Å². The first-order valence-electron chi connectivity index (χ1n) is 5.85. The van der Waals surface area contributed by atoms with Crippen molar-refractivity contribution in [2.24, 2.45) is 5.92 Å². The summed E-state index contributed by atoms with van der Waals surface area (Å²) >= 11 is 3.46. The van der Waals surface area contributed by atoms with Gasteiger partial charge in [-0.1, -0.05) is 28.9 Å². The first kappa shape index (κ1) is 11.9. The molecule has 16 heavy (non-hydrogen) atoms. The Kier molecular flexibility index (Phi) is 3.55. The van der Waals surface area contributed by atoms with Crippen LogP contribution in [0.4, 0.5) is 5.69 Å². The number of hydrogen-bond acceptors (Lipinski definition) is 2. The summed E-state index contributed by atoms with van der Waals surface area (Å²) in [5, 5.41) is 13.2. The molecule has 1 unspecified atom stereocenters. The SMILES string of the molecule is CCC(CO)(Nc1cccc(Br)c1)C1CC1. The molecule has 0 heterocycles. The van der Waals surface area contributed by atoms with E-state index in [2.05, 4.69) is 34.2 Å². The third kappa shape index (κ3) is 2.41. The maximum Gasteiger partial charge on any atom is 0.0664 e. The van der Waals surface area contributed by atoms with Crippen LogP contribution in [0.5, 0.6) is 0 Å². The molecule has 1 aliphatic carbocycles. The van der Waals surface area contributed by atoms with Crippen LogP contribution >= 0.6 is 15.9 Å². The fourth-order valence-electron chi connectivity index (χ4n) is 2.25. The van der Waals surface area contributed by atoms with Crippen molar-refractivity contribution in [2.45, 2.75) is 31.7 Å². The Balaban J connectivity index is 2.16. The molecule has 1 aromatic rings. The highest BCUT2D eigenvalue weighted by Gasteiger charge is 2.43. The van der Waals surface area contributed by atoms with E-state index >= 15 is 0 Å². The summed E-state index contributed by atoms with van der Waals surface area (Å²) in [6.07, 6.45) is 3.42. The lowest BCUT2D eigenvalue weighted by atomic mass is 9.90. The van der Waals surface area contributed by atoms with Crippen LogP contribution in [0.2, 0.25) is 0 Å². The van der Waals surface area contributed by atoms with Gasteiger partial charge in [-0.15, -0.1) is 0 Å². The van der Waals surface area contributed by atoms with Crippen molar-refractivity contribution in [3.8, 4) is 0 Å². The molecule has 2 rings (SSSR count). The van der Waals surface area contributed by atoms with Crippen LogP contribution < -0.4 is 5.32 Å². The van der Waals surface area contributed by atoms with Crippen molar-refractivity contribution in [1.29, 1.82) is 0 Å². The number of aliphatic hydroxyl groups is 1. The average molecular weight is 284 g/mol. The Morgan fingerprint density at radius 3 is 2.75 bits per heavy atom. The van der Waals surface area contributed by atoms with E-state index in [1.54, 1.807) is 0 Å². The van der Waals surface area contributed by atoms with Crippen molar-refractivity contribution in [3.63, 3.8) is 0 Å². The van der Waals surface area contributed by atoms with Crippen molar-refractivity contribution in [2.75, 3.05) is 11.9 Å². The predicted molar refractivity (Wildman–Crippen MR) is 70.6 cm³/mol. The molecule has 0 aromatic heterocycles. The molecule has 1 aliphatic rings. The van der Waals surface area contributed by atoms with Gasteiger partial charge in [0.15, 0.2) is 0 Å². The molecule has 1 atom stereocenters. The molecule has 2 N–H and O–H groups in total. The van der Waals surface area contributed by atoms with Crippen molar-refractivity contribution in [3.05, 3.63) is 28.7 Å². The molecular weight excluding hydrogens is 266 g/mol. The van der Waals surface area contributed by atoms with Crippen LogP contribution in [0.1, 0.15) is 26.2 Å². The lowest BCUT2D eigenvalue weighted by molar-refractivity contribution is 0.188. The zero-order valence-corrected chi connectivity index (χ0v) is 11.1. The second-order valence-corrected chi connectivity index (χ2v) is 5.49. The monoisotopic (exact) mass is 283 g/mol. The van der Waals surface area contributed by atoms with E-state index < -0.39 is 0 Å². The van der Waals surface area contributed by atoms with Gasteiger partial charge >= 0.3 is 0 Å². The molecular formula is C13H18BrNO. The molecule has 0 bridgehead atoms. The zero-order valence-electron chi connectivity index (χ0n) is 9.54. The van der Waals surface area contributed by atoms with Gasteiger partial charge in [-0.3, -0.25) is 0 Å². The van der Waals surface area contributed by atoms with Crippen LogP contribution in [-0.4, -0.2) is 17.3 Å². The van der Waals surface area contributed by atoms with Crippen LogP contribution in [0.15, 0.2) is 28.7 Å². The van der Waals surface area contributed by atoms with Crippen LogP contribution in [0, 0.1) is 5.92 Å². The van der Waals surface area contributed by atoms with Crippen LogP contribution in [0.3, 0.4) is 0 Å². The highest BCUT2D eigenvalue weighted by Crippen LogP contribution is 2.43. The van der Waals surface area contributed by atoms with Crippen LogP contribution in [0.25, 0.3) is 0 Å². The number of nitrogens with one attached hydrogen (secondary N) is 1. The normalized spacial score (nSPS) is 19.2. The van der Waals surface area contributed by atoms with E-state index in [0.29, 0.717) is 5.92 Å². The van der Waals surface area contributed by atoms with Crippen molar-refractivity contribution < 1.29 is 5.11 Å².